The number of carbonyl (C=O) groups is 1. The van der Waals surface area contributed by atoms with Gasteiger partial charge >= 0.3 is 0 Å². The lowest BCUT2D eigenvalue weighted by atomic mass is 10.1. The highest BCUT2D eigenvalue weighted by Crippen LogP contribution is 2.25. The third-order valence-corrected chi connectivity index (χ3v) is 5.08. The van der Waals surface area contributed by atoms with Crippen molar-refractivity contribution < 1.29 is 4.79 Å². The van der Waals surface area contributed by atoms with E-state index in [1.54, 1.807) is 25.3 Å². The van der Waals surface area contributed by atoms with Crippen molar-refractivity contribution in [3.8, 4) is 5.82 Å². The molecule has 2 heterocycles. The minimum absolute atomic E-state index is 0.108. The first-order valence-corrected chi connectivity index (χ1v) is 9.97. The fourth-order valence-electron chi connectivity index (χ4n) is 2.72. The van der Waals surface area contributed by atoms with Crippen molar-refractivity contribution in [3.63, 3.8) is 0 Å². The number of pyridine rings is 1. The molecule has 6 nitrogen and oxygen atoms in total. The average Bonchev–Trinajstić information content (AvgIpc) is 2.60. The molecule has 3 aromatic rings. The van der Waals surface area contributed by atoms with Crippen LogP contribution in [0.2, 0.25) is 0 Å². The van der Waals surface area contributed by atoms with Crippen LogP contribution in [-0.4, -0.2) is 31.2 Å². The van der Waals surface area contributed by atoms with E-state index in [-0.39, 0.29) is 17.0 Å². The average molecular weight is 397 g/mol. The standard InChI is InChI=1S/C21H24N4O2S/c1-13-10-11-22-17(12-13)25-19(27)15-8-6-7-9-16(15)23-20(25)28-14(2)18(26)24-21(3,4)5/h6-12,14H,1-5H3,(H,24,26)/t14-/m1/s1. The van der Waals surface area contributed by atoms with Crippen LogP contribution >= 0.6 is 11.8 Å². The molecular formula is C21H24N4O2S. The van der Waals surface area contributed by atoms with E-state index in [1.807, 2.05) is 52.0 Å². The van der Waals surface area contributed by atoms with Gasteiger partial charge in [0.2, 0.25) is 5.91 Å². The summed E-state index contributed by atoms with van der Waals surface area (Å²) in [5.74, 6) is 0.387. The predicted octanol–water partition coefficient (Wildman–Crippen LogP) is 3.48. The van der Waals surface area contributed by atoms with Crippen molar-refractivity contribution in [2.75, 3.05) is 0 Å². The number of rotatable bonds is 4. The van der Waals surface area contributed by atoms with Crippen molar-refractivity contribution in [3.05, 3.63) is 58.5 Å². The number of hydrogen-bond acceptors (Lipinski definition) is 5. The van der Waals surface area contributed by atoms with Gasteiger partial charge in [-0.25, -0.2) is 14.5 Å². The number of thioether (sulfide) groups is 1. The van der Waals surface area contributed by atoms with Gasteiger partial charge in [0.15, 0.2) is 5.16 Å². The summed E-state index contributed by atoms with van der Waals surface area (Å²) >= 11 is 1.25. The lowest BCUT2D eigenvalue weighted by Crippen LogP contribution is -2.44. The van der Waals surface area contributed by atoms with Gasteiger partial charge in [-0.2, -0.15) is 0 Å². The molecule has 1 amide bonds. The Morgan fingerprint density at radius 1 is 1.21 bits per heavy atom. The number of nitrogens with one attached hydrogen (secondary N) is 1. The maximum atomic E-state index is 13.2. The fourth-order valence-corrected chi connectivity index (χ4v) is 3.63. The van der Waals surface area contributed by atoms with Crippen LogP contribution in [0, 0.1) is 6.92 Å². The van der Waals surface area contributed by atoms with Gasteiger partial charge in [-0.05, 0) is 64.4 Å². The Morgan fingerprint density at radius 2 is 1.93 bits per heavy atom. The molecule has 2 aromatic heterocycles. The predicted molar refractivity (Wildman–Crippen MR) is 113 cm³/mol. The largest absolute Gasteiger partial charge is 0.351 e. The molecular weight excluding hydrogens is 372 g/mol. The normalized spacial score (nSPS) is 12.8. The Kier molecular flexibility index (Phi) is 5.56. The summed E-state index contributed by atoms with van der Waals surface area (Å²) in [6.07, 6.45) is 1.66. The highest BCUT2D eigenvalue weighted by atomic mass is 32.2. The van der Waals surface area contributed by atoms with Crippen LogP contribution in [0.4, 0.5) is 0 Å². The zero-order valence-corrected chi connectivity index (χ0v) is 17.5. The molecule has 0 unspecified atom stereocenters. The minimum atomic E-state index is -0.427. The Bertz CT molecular complexity index is 1090. The van der Waals surface area contributed by atoms with Gasteiger partial charge in [-0.3, -0.25) is 9.59 Å². The van der Waals surface area contributed by atoms with Gasteiger partial charge in [0.1, 0.15) is 5.82 Å². The van der Waals surface area contributed by atoms with Gasteiger partial charge in [-0.1, -0.05) is 23.9 Å². The monoisotopic (exact) mass is 396 g/mol. The maximum absolute atomic E-state index is 13.2. The lowest BCUT2D eigenvalue weighted by Gasteiger charge is -2.23. The van der Waals surface area contributed by atoms with Gasteiger partial charge < -0.3 is 5.32 Å². The second-order valence-corrected chi connectivity index (χ2v) is 9.05. The van der Waals surface area contributed by atoms with Crippen molar-refractivity contribution in [1.82, 2.24) is 19.9 Å². The van der Waals surface area contributed by atoms with Crippen LogP contribution in [0.3, 0.4) is 0 Å². The highest BCUT2D eigenvalue weighted by molar-refractivity contribution is 8.00. The Morgan fingerprint density at radius 3 is 2.61 bits per heavy atom. The molecule has 1 N–H and O–H groups in total. The molecule has 1 aromatic carbocycles. The summed E-state index contributed by atoms with van der Waals surface area (Å²) in [5.41, 5.74) is 1.05. The minimum Gasteiger partial charge on any atom is -0.351 e. The molecule has 0 fully saturated rings. The number of hydrogen-bond donors (Lipinski definition) is 1. The molecule has 7 heteroatoms. The topological polar surface area (TPSA) is 76.9 Å². The van der Waals surface area contributed by atoms with Gasteiger partial charge in [0, 0.05) is 11.7 Å². The number of nitrogens with zero attached hydrogens (tertiary/aromatic N) is 3. The van der Waals surface area contributed by atoms with Crippen molar-refractivity contribution in [2.24, 2.45) is 0 Å². The molecule has 146 valence electrons. The molecule has 3 rings (SSSR count). The van der Waals surface area contributed by atoms with Gasteiger partial charge in [0.05, 0.1) is 16.2 Å². The molecule has 1 atom stereocenters. The lowest BCUT2D eigenvalue weighted by molar-refractivity contribution is -0.121. The van der Waals surface area contributed by atoms with Gasteiger partial charge in [0.25, 0.3) is 5.56 Å². The van der Waals surface area contributed by atoms with Crippen molar-refractivity contribution >= 4 is 28.6 Å². The number of aryl methyl sites for hydroxylation is 1. The maximum Gasteiger partial charge on any atom is 0.267 e. The number of carbonyl (C=O) groups excluding carboxylic acids is 1. The number of para-hydroxylation sites is 1. The summed E-state index contributed by atoms with van der Waals surface area (Å²) in [6.45, 7) is 9.55. The quantitative estimate of drug-likeness (QED) is 0.540. The second-order valence-electron chi connectivity index (χ2n) is 7.74. The summed E-state index contributed by atoms with van der Waals surface area (Å²) in [7, 11) is 0. The van der Waals surface area contributed by atoms with E-state index in [2.05, 4.69) is 15.3 Å². The SMILES string of the molecule is Cc1ccnc(-n2c(S[C@H](C)C(=O)NC(C)(C)C)nc3ccccc3c2=O)c1. The third kappa shape index (κ3) is 4.42. The Hall–Kier alpha value is -2.67. The van der Waals surface area contributed by atoms with Crippen molar-refractivity contribution in [2.45, 2.75) is 50.6 Å². The molecule has 28 heavy (non-hydrogen) atoms. The first-order valence-electron chi connectivity index (χ1n) is 9.09. The number of benzene rings is 1. The number of aromatic nitrogens is 3. The van der Waals surface area contributed by atoms with Crippen molar-refractivity contribution in [1.29, 1.82) is 0 Å². The third-order valence-electron chi connectivity index (χ3n) is 4.02. The molecule has 0 saturated carbocycles. The smallest absolute Gasteiger partial charge is 0.267 e. The van der Waals surface area contributed by atoms with E-state index < -0.39 is 5.25 Å². The van der Waals surface area contributed by atoms with Crippen LogP contribution in [0.15, 0.2) is 52.5 Å². The van der Waals surface area contributed by atoms with Crippen LogP contribution in [0.1, 0.15) is 33.3 Å². The molecule has 0 spiro atoms. The van der Waals surface area contributed by atoms with Crippen LogP contribution < -0.4 is 10.9 Å². The number of fused-ring (bicyclic) bond motifs is 1. The van der Waals surface area contributed by atoms with Gasteiger partial charge in [-0.15, -0.1) is 0 Å². The first-order chi connectivity index (χ1) is 13.2. The Labute approximate surface area is 168 Å². The van der Waals surface area contributed by atoms with E-state index in [0.29, 0.717) is 21.9 Å². The summed E-state index contributed by atoms with van der Waals surface area (Å²) in [5, 5.41) is 3.50. The molecule has 0 aliphatic rings. The molecule has 0 aliphatic heterocycles. The van der Waals surface area contributed by atoms with Crippen LogP contribution in [0.5, 0.6) is 0 Å². The van der Waals surface area contributed by atoms with E-state index in [0.717, 1.165) is 5.56 Å². The number of amides is 1. The van der Waals surface area contributed by atoms with Crippen LogP contribution in [-0.2, 0) is 4.79 Å². The summed E-state index contributed by atoms with van der Waals surface area (Å²) in [6, 6.07) is 10.9. The summed E-state index contributed by atoms with van der Waals surface area (Å²) in [4.78, 5) is 34.8. The van der Waals surface area contributed by atoms with E-state index in [4.69, 9.17) is 0 Å². The molecule has 0 radical (unpaired) electrons. The second kappa shape index (κ2) is 7.75. The fraction of sp³-hybridized carbons (Fsp3) is 0.333. The Balaban J connectivity index is 2.11. The van der Waals surface area contributed by atoms with E-state index in [1.165, 1.54) is 16.3 Å². The first kappa shape index (κ1) is 20.1. The molecule has 0 bridgehead atoms. The van der Waals surface area contributed by atoms with E-state index in [9.17, 15) is 9.59 Å². The van der Waals surface area contributed by atoms with E-state index >= 15 is 0 Å². The zero-order chi connectivity index (χ0) is 20.5. The molecule has 0 saturated heterocycles. The molecule has 0 aliphatic carbocycles. The zero-order valence-electron chi connectivity index (χ0n) is 16.7. The summed E-state index contributed by atoms with van der Waals surface area (Å²) < 4.78 is 1.49. The van der Waals surface area contributed by atoms with Crippen LogP contribution in [0.25, 0.3) is 16.7 Å². The highest BCUT2D eigenvalue weighted by Gasteiger charge is 2.23.